The molecule has 1 atom stereocenters. The van der Waals surface area contributed by atoms with Gasteiger partial charge in [0.05, 0.1) is 13.2 Å². The minimum absolute atomic E-state index is 0.121. The average molecular weight is 309 g/mol. The van der Waals surface area contributed by atoms with Crippen molar-refractivity contribution in [2.75, 3.05) is 52.6 Å². The Morgan fingerprint density at radius 2 is 1.91 bits per heavy atom. The minimum atomic E-state index is 0.121. The van der Waals surface area contributed by atoms with E-state index in [1.165, 1.54) is 6.54 Å². The van der Waals surface area contributed by atoms with E-state index in [-0.39, 0.29) is 5.54 Å². The molecular formula is C18H35N3O. The Kier molecular flexibility index (Phi) is 6.45. The molecule has 2 heterocycles. The molecule has 0 spiro atoms. The van der Waals surface area contributed by atoms with Crippen LogP contribution >= 0.6 is 0 Å². The van der Waals surface area contributed by atoms with E-state index in [4.69, 9.17) is 4.74 Å². The quantitative estimate of drug-likeness (QED) is 0.762. The highest BCUT2D eigenvalue weighted by atomic mass is 16.5. The van der Waals surface area contributed by atoms with Gasteiger partial charge >= 0.3 is 0 Å². The van der Waals surface area contributed by atoms with Crippen LogP contribution in [0.5, 0.6) is 0 Å². The highest BCUT2D eigenvalue weighted by Gasteiger charge is 2.35. The second-order valence-electron chi connectivity index (χ2n) is 7.34. The lowest BCUT2D eigenvalue weighted by atomic mass is 9.79. The van der Waals surface area contributed by atoms with Crippen molar-refractivity contribution in [3.63, 3.8) is 0 Å². The normalized spacial score (nSPS) is 24.4. The zero-order valence-electron chi connectivity index (χ0n) is 15.2. The van der Waals surface area contributed by atoms with Crippen LogP contribution < -0.4 is 5.32 Å². The number of morpholine rings is 1. The molecular weight excluding hydrogens is 274 g/mol. The van der Waals surface area contributed by atoms with Gasteiger partial charge in [-0.2, -0.15) is 0 Å². The van der Waals surface area contributed by atoms with Crippen molar-refractivity contribution < 1.29 is 4.74 Å². The van der Waals surface area contributed by atoms with Crippen LogP contribution in [0.2, 0.25) is 0 Å². The van der Waals surface area contributed by atoms with Crippen molar-refractivity contribution in [3.8, 4) is 0 Å². The van der Waals surface area contributed by atoms with Crippen LogP contribution in [0.1, 0.15) is 41.0 Å². The molecule has 0 aromatic rings. The number of rotatable bonds is 6. The van der Waals surface area contributed by atoms with Crippen molar-refractivity contribution >= 4 is 0 Å². The van der Waals surface area contributed by atoms with Crippen LogP contribution in [-0.4, -0.2) is 67.9 Å². The van der Waals surface area contributed by atoms with Crippen molar-refractivity contribution in [1.82, 2.24) is 15.1 Å². The first-order chi connectivity index (χ1) is 10.5. The lowest BCUT2D eigenvalue weighted by molar-refractivity contribution is -0.00192. The van der Waals surface area contributed by atoms with Gasteiger partial charge in [0.25, 0.3) is 0 Å². The summed E-state index contributed by atoms with van der Waals surface area (Å²) in [4.78, 5) is 5.16. The third-order valence-corrected chi connectivity index (χ3v) is 5.42. The summed E-state index contributed by atoms with van der Waals surface area (Å²) in [7, 11) is 0. The van der Waals surface area contributed by atoms with Gasteiger partial charge in [0.2, 0.25) is 0 Å². The smallest absolute Gasteiger partial charge is 0.0594 e. The SMILES string of the molecule is CCC(C)=C(C(C)CN1CCNC1)C(C)(C)N1CCOCC1. The number of ether oxygens (including phenoxy) is 1. The van der Waals surface area contributed by atoms with Gasteiger partial charge in [-0.15, -0.1) is 0 Å². The fourth-order valence-corrected chi connectivity index (χ4v) is 4.22. The fourth-order valence-electron chi connectivity index (χ4n) is 4.22. The predicted octanol–water partition coefficient (Wildman–Crippen LogP) is 2.32. The van der Waals surface area contributed by atoms with Gasteiger partial charge in [-0.25, -0.2) is 0 Å². The summed E-state index contributed by atoms with van der Waals surface area (Å²) >= 11 is 0. The maximum atomic E-state index is 5.56. The van der Waals surface area contributed by atoms with Gasteiger partial charge in [0.1, 0.15) is 0 Å². The first-order valence-corrected chi connectivity index (χ1v) is 8.92. The Morgan fingerprint density at radius 1 is 1.23 bits per heavy atom. The van der Waals surface area contributed by atoms with E-state index in [1.807, 2.05) is 0 Å². The molecule has 0 radical (unpaired) electrons. The van der Waals surface area contributed by atoms with Crippen LogP contribution in [-0.2, 0) is 4.74 Å². The second kappa shape index (κ2) is 7.91. The third kappa shape index (κ3) is 4.10. The average Bonchev–Trinajstić information content (AvgIpc) is 3.00. The molecule has 0 aromatic heterocycles. The molecule has 2 rings (SSSR count). The molecule has 0 amide bonds. The van der Waals surface area contributed by atoms with Crippen LogP contribution in [0.25, 0.3) is 0 Å². The second-order valence-corrected chi connectivity index (χ2v) is 7.34. The van der Waals surface area contributed by atoms with Crippen molar-refractivity contribution in [3.05, 3.63) is 11.1 Å². The van der Waals surface area contributed by atoms with E-state index in [1.54, 1.807) is 11.1 Å². The summed E-state index contributed by atoms with van der Waals surface area (Å²) in [6, 6.07) is 0. The Labute approximate surface area is 136 Å². The summed E-state index contributed by atoms with van der Waals surface area (Å²) in [6.07, 6.45) is 1.14. The van der Waals surface area contributed by atoms with E-state index in [2.05, 4.69) is 49.7 Å². The molecule has 128 valence electrons. The van der Waals surface area contributed by atoms with E-state index < -0.39 is 0 Å². The highest BCUT2D eigenvalue weighted by molar-refractivity contribution is 5.27. The molecule has 4 nitrogen and oxygen atoms in total. The number of nitrogens with zero attached hydrogens (tertiary/aromatic N) is 2. The molecule has 2 saturated heterocycles. The summed E-state index contributed by atoms with van der Waals surface area (Å²) in [6.45, 7) is 20.2. The van der Waals surface area contributed by atoms with E-state index >= 15 is 0 Å². The largest absolute Gasteiger partial charge is 0.379 e. The van der Waals surface area contributed by atoms with E-state index in [9.17, 15) is 0 Å². The molecule has 1 unspecified atom stereocenters. The monoisotopic (exact) mass is 309 g/mol. The first-order valence-electron chi connectivity index (χ1n) is 8.92. The molecule has 2 fully saturated rings. The summed E-state index contributed by atoms with van der Waals surface area (Å²) in [5.41, 5.74) is 3.33. The lowest BCUT2D eigenvalue weighted by Gasteiger charge is -2.45. The molecule has 0 aromatic carbocycles. The van der Waals surface area contributed by atoms with Gasteiger partial charge in [-0.05, 0) is 38.7 Å². The number of nitrogens with one attached hydrogen (secondary N) is 1. The summed E-state index contributed by atoms with van der Waals surface area (Å²) in [5, 5.41) is 3.44. The van der Waals surface area contributed by atoms with Crippen LogP contribution in [0.3, 0.4) is 0 Å². The van der Waals surface area contributed by atoms with Crippen LogP contribution in [0, 0.1) is 5.92 Å². The molecule has 0 aliphatic carbocycles. The van der Waals surface area contributed by atoms with Crippen molar-refractivity contribution in [2.24, 2.45) is 5.92 Å². The summed E-state index contributed by atoms with van der Waals surface area (Å²) in [5.74, 6) is 0.595. The number of hydrogen-bond acceptors (Lipinski definition) is 4. The van der Waals surface area contributed by atoms with Crippen LogP contribution in [0.15, 0.2) is 11.1 Å². The molecule has 4 heteroatoms. The molecule has 0 saturated carbocycles. The molecule has 0 bridgehead atoms. The number of allylic oxidation sites excluding steroid dienone is 1. The third-order valence-electron chi connectivity index (χ3n) is 5.42. The number of hydrogen-bond donors (Lipinski definition) is 1. The topological polar surface area (TPSA) is 27.7 Å². The highest BCUT2D eigenvalue weighted by Crippen LogP contribution is 2.34. The summed E-state index contributed by atoms with van der Waals surface area (Å²) < 4.78 is 5.56. The molecule has 2 aliphatic heterocycles. The Bertz CT molecular complexity index is 380. The zero-order chi connectivity index (χ0) is 16.2. The Balaban J connectivity index is 2.17. The molecule has 22 heavy (non-hydrogen) atoms. The van der Waals surface area contributed by atoms with Gasteiger partial charge in [0, 0.05) is 44.9 Å². The Morgan fingerprint density at radius 3 is 2.45 bits per heavy atom. The maximum Gasteiger partial charge on any atom is 0.0594 e. The standard InChI is InChI=1S/C18H35N3O/c1-6-15(2)17(16(3)13-20-8-7-19-14-20)18(4,5)21-9-11-22-12-10-21/h16,19H,6-14H2,1-5H3. The van der Waals surface area contributed by atoms with Gasteiger partial charge in [-0.3, -0.25) is 9.80 Å². The zero-order valence-corrected chi connectivity index (χ0v) is 15.2. The predicted molar refractivity (Wildman–Crippen MR) is 93.1 cm³/mol. The lowest BCUT2D eigenvalue weighted by Crippen LogP contribution is -2.52. The van der Waals surface area contributed by atoms with Crippen molar-refractivity contribution in [1.29, 1.82) is 0 Å². The van der Waals surface area contributed by atoms with Crippen molar-refractivity contribution in [2.45, 2.75) is 46.6 Å². The fraction of sp³-hybridized carbons (Fsp3) is 0.889. The minimum Gasteiger partial charge on any atom is -0.379 e. The van der Waals surface area contributed by atoms with Gasteiger partial charge in [0.15, 0.2) is 0 Å². The molecule has 1 N–H and O–H groups in total. The van der Waals surface area contributed by atoms with E-state index in [0.29, 0.717) is 5.92 Å². The van der Waals surface area contributed by atoms with E-state index in [0.717, 1.165) is 52.5 Å². The molecule has 2 aliphatic rings. The van der Waals surface area contributed by atoms with Gasteiger partial charge in [-0.1, -0.05) is 19.4 Å². The Hall–Kier alpha value is -0.420. The van der Waals surface area contributed by atoms with Crippen LogP contribution in [0.4, 0.5) is 0 Å². The van der Waals surface area contributed by atoms with Gasteiger partial charge < -0.3 is 10.1 Å². The first kappa shape index (κ1) is 17.9. The maximum absolute atomic E-state index is 5.56.